The van der Waals surface area contributed by atoms with E-state index in [0.29, 0.717) is 11.8 Å². The summed E-state index contributed by atoms with van der Waals surface area (Å²) in [6.45, 7) is 26.3. The Balaban J connectivity index is 1.91. The number of nitrogens with one attached hydrogen (secondary N) is 1. The summed E-state index contributed by atoms with van der Waals surface area (Å²) >= 11 is 5.20. The number of hydrogen-bond donors (Lipinski definition) is 1. The third-order valence-electron chi connectivity index (χ3n) is 9.92. The van der Waals surface area contributed by atoms with Gasteiger partial charge in [-0.2, -0.15) is 0 Å². The molecule has 12 heteroatoms. The molecule has 0 aromatic carbocycles. The second kappa shape index (κ2) is 10.5. The first-order valence-corrected chi connectivity index (χ1v) is 19.7. The third-order valence-corrected chi connectivity index (χ3v) is 19.1. The molecule has 2 aliphatic rings. The Bertz CT molecular complexity index is 1160. The molecule has 9 nitrogen and oxygen atoms in total. The van der Waals surface area contributed by atoms with Crippen molar-refractivity contribution in [2.45, 2.75) is 116 Å². The van der Waals surface area contributed by atoms with Crippen molar-refractivity contribution in [1.82, 2.24) is 9.55 Å². The van der Waals surface area contributed by atoms with E-state index in [1.807, 2.05) is 0 Å². The monoisotopic (exact) mass is 586 g/mol. The van der Waals surface area contributed by atoms with Crippen LogP contribution in [0.5, 0.6) is 5.75 Å². The van der Waals surface area contributed by atoms with E-state index in [9.17, 15) is 9.59 Å². The lowest BCUT2D eigenvalue weighted by atomic mass is 9.99. The van der Waals surface area contributed by atoms with Gasteiger partial charge >= 0.3 is 10.9 Å². The van der Waals surface area contributed by atoms with Gasteiger partial charge in [0.25, 0.3) is 13.9 Å². The summed E-state index contributed by atoms with van der Waals surface area (Å²) in [5, 5.41) is -0.0965. The van der Waals surface area contributed by atoms with Gasteiger partial charge in [-0.1, -0.05) is 55.4 Å². The predicted molar refractivity (Wildman–Crippen MR) is 157 cm³/mol. The van der Waals surface area contributed by atoms with E-state index in [4.69, 9.17) is 35.3 Å². The van der Waals surface area contributed by atoms with Crippen LogP contribution in [0.15, 0.2) is 15.8 Å². The molecule has 2 aliphatic heterocycles. The average molecular weight is 587 g/mol. The standard InChI is InChI=1S/C26H46N2O7SSi2/c1-15(2)25(5,6)37(9,10)31-14-18-19-20(34-24(36)33-19)22(32-18)28-13-17(21(29)27-23(28)30)35-38(11,12)26(7,8)16(3)4/h13,15-16,18-20,22H,14H2,1-12H3,(H,27,29,30)/t18-,19-,20-,22-/m1/s1. The van der Waals surface area contributed by atoms with Crippen LogP contribution in [0, 0.1) is 11.8 Å². The maximum Gasteiger partial charge on any atom is 0.353 e. The van der Waals surface area contributed by atoms with Crippen molar-refractivity contribution in [2.75, 3.05) is 6.61 Å². The molecule has 0 aliphatic carbocycles. The van der Waals surface area contributed by atoms with Crippen LogP contribution in [0.25, 0.3) is 0 Å². The van der Waals surface area contributed by atoms with Crippen molar-refractivity contribution >= 4 is 34.1 Å². The Morgan fingerprint density at radius 2 is 1.50 bits per heavy atom. The lowest BCUT2D eigenvalue weighted by Gasteiger charge is -2.43. The molecule has 1 N–H and O–H groups in total. The van der Waals surface area contributed by atoms with Gasteiger partial charge in [0.15, 0.2) is 32.5 Å². The highest BCUT2D eigenvalue weighted by molar-refractivity contribution is 7.79. The molecular formula is C26H46N2O7SSi2. The Labute approximate surface area is 233 Å². The fourth-order valence-electron chi connectivity index (χ4n) is 4.59. The van der Waals surface area contributed by atoms with Gasteiger partial charge < -0.3 is 23.1 Å². The quantitative estimate of drug-likeness (QED) is 0.296. The molecule has 0 spiro atoms. The van der Waals surface area contributed by atoms with Gasteiger partial charge in [0.2, 0.25) is 0 Å². The van der Waals surface area contributed by atoms with E-state index in [1.165, 1.54) is 10.8 Å². The Hall–Kier alpha value is -1.48. The molecule has 216 valence electrons. The molecule has 4 atom stereocenters. The summed E-state index contributed by atoms with van der Waals surface area (Å²) in [6.07, 6.45) is -1.13. The van der Waals surface area contributed by atoms with E-state index in [0.717, 1.165) is 0 Å². The van der Waals surface area contributed by atoms with Crippen LogP contribution < -0.4 is 15.7 Å². The van der Waals surface area contributed by atoms with Crippen molar-refractivity contribution < 1.29 is 23.1 Å². The maximum absolute atomic E-state index is 13.0. The number of H-pyrrole nitrogens is 1. The molecule has 2 saturated heterocycles. The van der Waals surface area contributed by atoms with Crippen LogP contribution in [0.4, 0.5) is 0 Å². The molecule has 0 radical (unpaired) electrons. The number of hydrogen-bond acceptors (Lipinski definition) is 8. The number of fused-ring (bicyclic) bond motifs is 1. The van der Waals surface area contributed by atoms with Crippen LogP contribution in [0.3, 0.4) is 0 Å². The fourth-order valence-corrected chi connectivity index (χ4v) is 9.50. The Morgan fingerprint density at radius 1 is 0.974 bits per heavy atom. The molecule has 0 amide bonds. The van der Waals surface area contributed by atoms with Gasteiger partial charge in [0.05, 0.1) is 12.8 Å². The lowest BCUT2D eigenvalue weighted by molar-refractivity contribution is -0.0620. The number of thiocarbonyl (C=S) groups is 1. The van der Waals surface area contributed by atoms with Crippen molar-refractivity contribution in [3.63, 3.8) is 0 Å². The lowest BCUT2D eigenvalue weighted by Crippen LogP contribution is -2.49. The second-order valence-electron chi connectivity index (χ2n) is 13.3. The van der Waals surface area contributed by atoms with Gasteiger partial charge in [-0.15, -0.1) is 0 Å². The summed E-state index contributed by atoms with van der Waals surface area (Å²) in [5.41, 5.74) is -1.18. The van der Waals surface area contributed by atoms with Gasteiger partial charge in [0, 0.05) is 12.2 Å². The molecule has 3 heterocycles. The molecule has 3 rings (SSSR count). The molecule has 1 aromatic rings. The Morgan fingerprint density at radius 3 is 2.05 bits per heavy atom. The van der Waals surface area contributed by atoms with Crippen LogP contribution in [0.2, 0.25) is 36.3 Å². The number of rotatable bonds is 10. The Kier molecular flexibility index (Phi) is 8.58. The average Bonchev–Trinajstić information content (AvgIpc) is 3.31. The zero-order valence-electron chi connectivity index (χ0n) is 25.0. The first-order valence-electron chi connectivity index (χ1n) is 13.4. The summed E-state index contributed by atoms with van der Waals surface area (Å²) in [6, 6.07) is 0. The molecule has 38 heavy (non-hydrogen) atoms. The van der Waals surface area contributed by atoms with Gasteiger partial charge in [-0.05, 0) is 48.1 Å². The van der Waals surface area contributed by atoms with E-state index >= 15 is 0 Å². The van der Waals surface area contributed by atoms with E-state index in [-0.39, 0.29) is 27.7 Å². The third kappa shape index (κ3) is 5.56. The first-order chi connectivity index (χ1) is 17.2. The molecule has 0 unspecified atom stereocenters. The number of aromatic amines is 1. The normalized spacial score (nSPS) is 24.5. The zero-order chi connectivity index (χ0) is 29.0. The van der Waals surface area contributed by atoms with E-state index in [2.05, 4.69) is 86.6 Å². The van der Waals surface area contributed by atoms with Crippen LogP contribution in [0.1, 0.15) is 61.6 Å². The predicted octanol–water partition coefficient (Wildman–Crippen LogP) is 5.18. The summed E-state index contributed by atoms with van der Waals surface area (Å²) in [7, 11) is -4.57. The van der Waals surface area contributed by atoms with Crippen LogP contribution in [-0.2, 0) is 18.6 Å². The minimum absolute atomic E-state index is 0.0125. The van der Waals surface area contributed by atoms with Crippen molar-refractivity contribution in [2.24, 2.45) is 11.8 Å². The first kappa shape index (κ1) is 31.1. The van der Waals surface area contributed by atoms with Gasteiger partial charge in [0.1, 0.15) is 6.10 Å². The summed E-state index contributed by atoms with van der Waals surface area (Å²) in [4.78, 5) is 28.2. The number of ether oxygens (including phenoxy) is 3. The number of nitrogens with zero attached hydrogens (tertiary/aromatic N) is 1. The van der Waals surface area contributed by atoms with Crippen molar-refractivity contribution in [3.8, 4) is 5.75 Å². The highest BCUT2D eigenvalue weighted by Crippen LogP contribution is 2.46. The van der Waals surface area contributed by atoms with Gasteiger partial charge in [-0.3, -0.25) is 14.3 Å². The SMILES string of the molecule is CC(C)C(C)(C)[Si](C)(C)OC[C@H]1O[C@@H](n2cc(O[Si](C)(C)C(C)(C)C(C)C)c(=O)[nH]c2=O)[C@@H]2OC(=S)O[C@@H]21. The van der Waals surface area contributed by atoms with Gasteiger partial charge in [-0.25, -0.2) is 4.79 Å². The minimum atomic E-state index is -2.43. The fraction of sp³-hybridized carbons (Fsp3) is 0.808. The van der Waals surface area contributed by atoms with Crippen molar-refractivity contribution in [1.29, 1.82) is 0 Å². The smallest absolute Gasteiger partial charge is 0.353 e. The highest BCUT2D eigenvalue weighted by atomic mass is 32.1. The minimum Gasteiger partial charge on any atom is -0.539 e. The number of aromatic nitrogens is 2. The maximum atomic E-state index is 13.0. The topological polar surface area (TPSA) is 101 Å². The zero-order valence-corrected chi connectivity index (χ0v) is 27.8. The molecule has 0 bridgehead atoms. The van der Waals surface area contributed by atoms with Crippen molar-refractivity contribution in [3.05, 3.63) is 27.0 Å². The highest BCUT2D eigenvalue weighted by Gasteiger charge is 2.55. The van der Waals surface area contributed by atoms with E-state index < -0.39 is 52.4 Å². The summed E-state index contributed by atoms with van der Waals surface area (Å²) < 4.78 is 32.2. The largest absolute Gasteiger partial charge is 0.539 e. The molecule has 0 saturated carbocycles. The molecule has 2 fully saturated rings. The molecular weight excluding hydrogens is 541 g/mol. The summed E-state index contributed by atoms with van der Waals surface area (Å²) in [5.74, 6) is 0.871. The van der Waals surface area contributed by atoms with Crippen LogP contribution in [-0.4, -0.2) is 56.3 Å². The van der Waals surface area contributed by atoms with Crippen LogP contribution >= 0.6 is 12.2 Å². The molecule has 1 aromatic heterocycles. The van der Waals surface area contributed by atoms with E-state index in [1.54, 1.807) is 0 Å². The second-order valence-corrected chi connectivity index (χ2v) is 22.8.